The number of furan rings is 1. The highest BCUT2D eigenvalue weighted by Gasteiger charge is 2.15. The molecule has 3 rings (SSSR count). The van der Waals surface area contributed by atoms with E-state index in [4.69, 9.17) is 9.15 Å². The Hall–Kier alpha value is -1.81. The molecule has 2 heterocycles. The molecule has 0 atom stereocenters. The molecule has 0 radical (unpaired) electrons. The molecule has 0 fully saturated rings. The Balaban J connectivity index is 2.17. The van der Waals surface area contributed by atoms with Crippen LogP contribution in [0.2, 0.25) is 0 Å². The van der Waals surface area contributed by atoms with Crippen molar-refractivity contribution in [2.45, 2.75) is 6.92 Å². The zero-order valence-electron chi connectivity index (χ0n) is 9.23. The van der Waals surface area contributed by atoms with Gasteiger partial charge in [0.2, 0.25) is 0 Å². The third kappa shape index (κ3) is 1.61. The Morgan fingerprint density at radius 2 is 2.18 bits per heavy atom. The smallest absolute Gasteiger partial charge is 0.348 e. The van der Waals surface area contributed by atoms with Crippen molar-refractivity contribution in [3.63, 3.8) is 0 Å². The lowest BCUT2D eigenvalue weighted by Crippen LogP contribution is -2.01. The molecular formula is C13H10O3S. The zero-order chi connectivity index (χ0) is 11.8. The van der Waals surface area contributed by atoms with Gasteiger partial charge in [0.05, 0.1) is 11.3 Å². The molecule has 0 bridgehead atoms. The number of hydrogen-bond acceptors (Lipinski definition) is 4. The molecule has 1 aromatic carbocycles. The van der Waals surface area contributed by atoms with E-state index in [9.17, 15) is 4.79 Å². The molecule has 0 saturated carbocycles. The molecule has 2 aromatic heterocycles. The van der Waals surface area contributed by atoms with Crippen molar-refractivity contribution in [3.05, 3.63) is 35.2 Å². The van der Waals surface area contributed by atoms with Gasteiger partial charge in [0.1, 0.15) is 16.0 Å². The molecular weight excluding hydrogens is 236 g/mol. The fourth-order valence-corrected chi connectivity index (χ4v) is 2.81. The number of benzene rings is 1. The first-order valence-electron chi connectivity index (χ1n) is 5.38. The van der Waals surface area contributed by atoms with E-state index in [1.165, 1.54) is 11.3 Å². The lowest BCUT2D eigenvalue weighted by Gasteiger charge is -1.96. The van der Waals surface area contributed by atoms with Crippen LogP contribution in [-0.4, -0.2) is 12.6 Å². The van der Waals surface area contributed by atoms with Gasteiger partial charge in [-0.1, -0.05) is 12.1 Å². The van der Waals surface area contributed by atoms with Crippen molar-refractivity contribution in [3.8, 4) is 0 Å². The third-order valence-corrected chi connectivity index (χ3v) is 3.66. The highest BCUT2D eigenvalue weighted by molar-refractivity contribution is 7.21. The average molecular weight is 246 g/mol. The van der Waals surface area contributed by atoms with Gasteiger partial charge in [-0.05, 0) is 19.1 Å². The maximum atomic E-state index is 11.6. The summed E-state index contributed by atoms with van der Waals surface area (Å²) < 4.78 is 11.6. The van der Waals surface area contributed by atoms with Crippen LogP contribution in [0.25, 0.3) is 21.3 Å². The van der Waals surface area contributed by atoms with Crippen LogP contribution >= 0.6 is 11.3 Å². The normalized spacial score (nSPS) is 11.1. The second-order valence-electron chi connectivity index (χ2n) is 3.62. The van der Waals surface area contributed by atoms with Gasteiger partial charge >= 0.3 is 5.97 Å². The maximum absolute atomic E-state index is 11.6. The predicted octanol–water partition coefficient (Wildman–Crippen LogP) is 3.82. The minimum absolute atomic E-state index is 0.284. The SMILES string of the molecule is CCOC(=O)c1cc2oc3ccccc3c2s1. The van der Waals surface area contributed by atoms with E-state index >= 15 is 0 Å². The zero-order valence-corrected chi connectivity index (χ0v) is 10.0. The van der Waals surface area contributed by atoms with E-state index < -0.39 is 0 Å². The number of para-hydroxylation sites is 1. The first-order chi connectivity index (χ1) is 8.29. The molecule has 3 nitrogen and oxygen atoms in total. The van der Waals surface area contributed by atoms with Gasteiger partial charge in [0, 0.05) is 11.5 Å². The summed E-state index contributed by atoms with van der Waals surface area (Å²) in [4.78, 5) is 12.2. The minimum atomic E-state index is -0.284. The number of fused-ring (bicyclic) bond motifs is 3. The fraction of sp³-hybridized carbons (Fsp3) is 0.154. The number of esters is 1. The van der Waals surface area contributed by atoms with Crippen molar-refractivity contribution in [1.82, 2.24) is 0 Å². The summed E-state index contributed by atoms with van der Waals surface area (Å²) in [6.07, 6.45) is 0. The maximum Gasteiger partial charge on any atom is 0.348 e. The molecule has 0 saturated heterocycles. The van der Waals surface area contributed by atoms with Gasteiger partial charge in [-0.2, -0.15) is 0 Å². The fourth-order valence-electron chi connectivity index (χ4n) is 1.80. The van der Waals surface area contributed by atoms with Crippen LogP contribution < -0.4 is 0 Å². The topological polar surface area (TPSA) is 39.4 Å². The lowest BCUT2D eigenvalue weighted by molar-refractivity contribution is 0.0532. The standard InChI is InChI=1S/C13H10O3S/c1-2-15-13(14)11-7-10-12(17-11)8-5-3-4-6-9(8)16-10/h3-7H,2H2,1H3. The quantitative estimate of drug-likeness (QED) is 0.645. The predicted molar refractivity (Wildman–Crippen MR) is 67.6 cm³/mol. The van der Waals surface area contributed by atoms with Crippen LogP contribution in [0.4, 0.5) is 0 Å². The Bertz CT molecular complexity index is 693. The summed E-state index contributed by atoms with van der Waals surface area (Å²) in [6, 6.07) is 9.55. The summed E-state index contributed by atoms with van der Waals surface area (Å²) in [5.74, 6) is -0.284. The van der Waals surface area contributed by atoms with Crippen LogP contribution in [0.5, 0.6) is 0 Å². The van der Waals surface area contributed by atoms with Gasteiger partial charge in [-0.3, -0.25) is 0 Å². The number of rotatable bonds is 2. The molecule has 0 N–H and O–H groups in total. The Morgan fingerprint density at radius 1 is 1.35 bits per heavy atom. The van der Waals surface area contributed by atoms with Crippen molar-refractivity contribution in [2.75, 3.05) is 6.61 Å². The van der Waals surface area contributed by atoms with Gasteiger partial charge in [0.15, 0.2) is 0 Å². The third-order valence-electron chi connectivity index (χ3n) is 2.53. The number of hydrogen-bond donors (Lipinski definition) is 0. The highest BCUT2D eigenvalue weighted by atomic mass is 32.1. The molecule has 4 heteroatoms. The van der Waals surface area contributed by atoms with E-state index in [0.29, 0.717) is 11.5 Å². The molecule has 0 amide bonds. The molecule has 0 aliphatic rings. The Morgan fingerprint density at radius 3 is 3.00 bits per heavy atom. The molecule has 0 spiro atoms. The van der Waals surface area contributed by atoms with E-state index in [2.05, 4.69) is 0 Å². The summed E-state index contributed by atoms with van der Waals surface area (Å²) >= 11 is 1.41. The summed E-state index contributed by atoms with van der Waals surface area (Å²) in [5.41, 5.74) is 1.60. The van der Waals surface area contributed by atoms with Crippen molar-refractivity contribution in [2.24, 2.45) is 0 Å². The van der Waals surface area contributed by atoms with Gasteiger partial charge in [-0.15, -0.1) is 11.3 Å². The van der Waals surface area contributed by atoms with E-state index in [-0.39, 0.29) is 5.97 Å². The molecule has 0 aliphatic carbocycles. The number of carbonyl (C=O) groups is 1. The molecule has 17 heavy (non-hydrogen) atoms. The molecule has 86 valence electrons. The molecule has 0 unspecified atom stereocenters. The van der Waals surface area contributed by atoms with Crippen LogP contribution in [0.1, 0.15) is 16.6 Å². The van der Waals surface area contributed by atoms with E-state index in [1.807, 2.05) is 24.3 Å². The first-order valence-corrected chi connectivity index (χ1v) is 6.19. The second kappa shape index (κ2) is 3.89. The van der Waals surface area contributed by atoms with Gasteiger partial charge in [0.25, 0.3) is 0 Å². The Kier molecular flexibility index (Phi) is 2.37. The number of thiophene rings is 1. The van der Waals surface area contributed by atoms with Crippen molar-refractivity contribution < 1.29 is 13.9 Å². The van der Waals surface area contributed by atoms with Crippen LogP contribution in [0.3, 0.4) is 0 Å². The number of ether oxygens (including phenoxy) is 1. The molecule has 3 aromatic rings. The lowest BCUT2D eigenvalue weighted by atomic mass is 10.2. The van der Waals surface area contributed by atoms with Crippen molar-refractivity contribution in [1.29, 1.82) is 0 Å². The molecule has 0 aliphatic heterocycles. The second-order valence-corrected chi connectivity index (χ2v) is 4.67. The summed E-state index contributed by atoms with van der Waals surface area (Å²) in [7, 11) is 0. The average Bonchev–Trinajstić information content (AvgIpc) is 2.86. The monoisotopic (exact) mass is 246 g/mol. The van der Waals surface area contributed by atoms with Gasteiger partial charge in [-0.25, -0.2) is 4.79 Å². The summed E-state index contributed by atoms with van der Waals surface area (Å²) in [6.45, 7) is 2.18. The van der Waals surface area contributed by atoms with Crippen LogP contribution in [-0.2, 0) is 4.74 Å². The first kappa shape index (κ1) is 10.4. The van der Waals surface area contributed by atoms with Crippen LogP contribution in [0, 0.1) is 0 Å². The summed E-state index contributed by atoms with van der Waals surface area (Å²) in [5, 5.41) is 1.04. The largest absolute Gasteiger partial charge is 0.462 e. The minimum Gasteiger partial charge on any atom is -0.462 e. The van der Waals surface area contributed by atoms with Crippen molar-refractivity contribution >= 4 is 38.6 Å². The highest BCUT2D eigenvalue weighted by Crippen LogP contribution is 2.35. The van der Waals surface area contributed by atoms with E-state index in [1.54, 1.807) is 13.0 Å². The number of carbonyl (C=O) groups excluding carboxylic acids is 1. The van der Waals surface area contributed by atoms with Gasteiger partial charge < -0.3 is 9.15 Å². The Labute approximate surface area is 102 Å². The van der Waals surface area contributed by atoms with E-state index in [0.717, 1.165) is 21.3 Å². The van der Waals surface area contributed by atoms with Crippen LogP contribution in [0.15, 0.2) is 34.7 Å².